The third-order valence-electron chi connectivity index (χ3n) is 3.25. The van der Waals surface area contributed by atoms with E-state index in [2.05, 4.69) is 37.1 Å². The minimum absolute atomic E-state index is 0.294. The highest BCUT2D eigenvalue weighted by Gasteiger charge is 2.17. The van der Waals surface area contributed by atoms with E-state index in [4.69, 9.17) is 0 Å². The molecule has 0 radical (unpaired) electrons. The first-order valence-electron chi connectivity index (χ1n) is 5.84. The number of nitrogens with one attached hydrogen (secondary N) is 1. The predicted molar refractivity (Wildman–Crippen MR) is 64.9 cm³/mol. The molecule has 2 heteroatoms. The number of hydrogen-bond donors (Lipinski definition) is 1. The van der Waals surface area contributed by atoms with Crippen LogP contribution in [0.2, 0.25) is 0 Å². The largest absolute Gasteiger partial charge is 0.311 e. The molecular formula is C13H22N2. The van der Waals surface area contributed by atoms with Crippen LogP contribution in [0.1, 0.15) is 39.2 Å². The molecule has 0 aliphatic rings. The Labute approximate surface area is 93.1 Å². The van der Waals surface area contributed by atoms with Crippen molar-refractivity contribution < 1.29 is 0 Å². The number of rotatable bonds is 6. The SMILES string of the molecule is CCC(C)(CC)NCCc1cccnc1. The van der Waals surface area contributed by atoms with Crippen LogP contribution in [0.3, 0.4) is 0 Å². The minimum atomic E-state index is 0.294. The summed E-state index contributed by atoms with van der Waals surface area (Å²) in [5.41, 5.74) is 1.60. The van der Waals surface area contributed by atoms with Gasteiger partial charge in [-0.2, -0.15) is 0 Å². The van der Waals surface area contributed by atoms with Crippen LogP contribution in [0.5, 0.6) is 0 Å². The summed E-state index contributed by atoms with van der Waals surface area (Å²) in [6, 6.07) is 4.12. The lowest BCUT2D eigenvalue weighted by Crippen LogP contribution is -2.42. The highest BCUT2D eigenvalue weighted by Crippen LogP contribution is 2.13. The van der Waals surface area contributed by atoms with Gasteiger partial charge in [-0.05, 0) is 44.4 Å². The van der Waals surface area contributed by atoms with Gasteiger partial charge in [-0.3, -0.25) is 4.98 Å². The highest BCUT2D eigenvalue weighted by atomic mass is 15.0. The summed E-state index contributed by atoms with van der Waals surface area (Å²) in [5, 5.41) is 3.62. The Kier molecular flexibility index (Phi) is 4.76. The maximum Gasteiger partial charge on any atom is 0.0300 e. The lowest BCUT2D eigenvalue weighted by molar-refractivity contribution is 0.334. The Bertz CT molecular complexity index is 265. The first kappa shape index (κ1) is 12.2. The molecule has 0 saturated carbocycles. The van der Waals surface area contributed by atoms with Crippen molar-refractivity contribution in [3.8, 4) is 0 Å². The van der Waals surface area contributed by atoms with Gasteiger partial charge in [0.2, 0.25) is 0 Å². The molecule has 84 valence electrons. The van der Waals surface area contributed by atoms with Crippen molar-refractivity contribution in [2.45, 2.75) is 45.6 Å². The number of nitrogens with zero attached hydrogens (tertiary/aromatic N) is 1. The van der Waals surface area contributed by atoms with Crippen molar-refractivity contribution in [2.24, 2.45) is 0 Å². The van der Waals surface area contributed by atoms with Crippen molar-refractivity contribution in [3.63, 3.8) is 0 Å². The zero-order chi connectivity index (χ0) is 11.1. The van der Waals surface area contributed by atoms with E-state index in [1.54, 1.807) is 0 Å². The van der Waals surface area contributed by atoms with Crippen LogP contribution in [0.25, 0.3) is 0 Å². The predicted octanol–water partition coefficient (Wildman–Crippen LogP) is 2.79. The zero-order valence-corrected chi connectivity index (χ0v) is 10.1. The maximum absolute atomic E-state index is 4.11. The van der Waals surface area contributed by atoms with E-state index in [0.717, 1.165) is 13.0 Å². The summed E-state index contributed by atoms with van der Waals surface area (Å²) in [7, 11) is 0. The Hall–Kier alpha value is -0.890. The molecule has 1 heterocycles. The van der Waals surface area contributed by atoms with Crippen molar-refractivity contribution in [1.82, 2.24) is 10.3 Å². The molecule has 0 fully saturated rings. The molecule has 0 amide bonds. The summed E-state index contributed by atoms with van der Waals surface area (Å²) in [4.78, 5) is 4.11. The first-order valence-corrected chi connectivity index (χ1v) is 5.84. The minimum Gasteiger partial charge on any atom is -0.311 e. The Morgan fingerprint density at radius 1 is 1.33 bits per heavy atom. The van der Waals surface area contributed by atoms with Gasteiger partial charge in [-0.1, -0.05) is 19.9 Å². The second-order valence-corrected chi connectivity index (χ2v) is 4.31. The molecule has 0 atom stereocenters. The Balaban J connectivity index is 2.33. The fourth-order valence-electron chi connectivity index (χ4n) is 1.55. The van der Waals surface area contributed by atoms with Crippen LogP contribution in [-0.2, 0) is 6.42 Å². The second-order valence-electron chi connectivity index (χ2n) is 4.31. The van der Waals surface area contributed by atoms with Gasteiger partial charge < -0.3 is 5.32 Å². The fourth-order valence-corrected chi connectivity index (χ4v) is 1.55. The van der Waals surface area contributed by atoms with Gasteiger partial charge in [-0.25, -0.2) is 0 Å². The standard InChI is InChI=1S/C13H22N2/c1-4-13(3,5-2)15-10-8-12-7-6-9-14-11-12/h6-7,9,11,15H,4-5,8,10H2,1-3H3. The average molecular weight is 206 g/mol. The lowest BCUT2D eigenvalue weighted by Gasteiger charge is -2.28. The van der Waals surface area contributed by atoms with Gasteiger partial charge in [0.15, 0.2) is 0 Å². The van der Waals surface area contributed by atoms with Crippen LogP contribution in [-0.4, -0.2) is 17.1 Å². The molecule has 2 nitrogen and oxygen atoms in total. The molecule has 0 unspecified atom stereocenters. The second kappa shape index (κ2) is 5.86. The molecule has 1 rings (SSSR count). The molecule has 0 aromatic carbocycles. The van der Waals surface area contributed by atoms with Crippen LogP contribution >= 0.6 is 0 Å². The van der Waals surface area contributed by atoms with Crippen LogP contribution < -0.4 is 5.32 Å². The zero-order valence-electron chi connectivity index (χ0n) is 10.1. The molecule has 1 N–H and O–H groups in total. The topological polar surface area (TPSA) is 24.9 Å². The van der Waals surface area contributed by atoms with Crippen molar-refractivity contribution in [1.29, 1.82) is 0 Å². The quantitative estimate of drug-likeness (QED) is 0.774. The summed E-state index contributed by atoms with van der Waals surface area (Å²) in [6.45, 7) is 7.79. The monoisotopic (exact) mass is 206 g/mol. The van der Waals surface area contributed by atoms with E-state index in [-0.39, 0.29) is 0 Å². The molecule has 15 heavy (non-hydrogen) atoms. The molecule has 0 spiro atoms. The van der Waals surface area contributed by atoms with Crippen LogP contribution in [0, 0.1) is 0 Å². The average Bonchev–Trinajstić information content (AvgIpc) is 2.30. The number of hydrogen-bond acceptors (Lipinski definition) is 2. The number of pyridine rings is 1. The third-order valence-corrected chi connectivity index (χ3v) is 3.25. The Morgan fingerprint density at radius 2 is 2.07 bits per heavy atom. The molecule has 1 aromatic heterocycles. The van der Waals surface area contributed by atoms with E-state index in [1.165, 1.54) is 18.4 Å². The van der Waals surface area contributed by atoms with Gasteiger partial charge in [0.05, 0.1) is 0 Å². The third kappa shape index (κ3) is 4.00. The van der Waals surface area contributed by atoms with Gasteiger partial charge in [0.1, 0.15) is 0 Å². The van der Waals surface area contributed by atoms with Gasteiger partial charge in [0.25, 0.3) is 0 Å². The van der Waals surface area contributed by atoms with E-state index >= 15 is 0 Å². The first-order chi connectivity index (χ1) is 7.20. The van der Waals surface area contributed by atoms with Crippen molar-refractivity contribution in [3.05, 3.63) is 30.1 Å². The van der Waals surface area contributed by atoms with E-state index in [0.29, 0.717) is 5.54 Å². The molecule has 0 saturated heterocycles. The van der Waals surface area contributed by atoms with Crippen molar-refractivity contribution in [2.75, 3.05) is 6.54 Å². The molecular weight excluding hydrogens is 184 g/mol. The van der Waals surface area contributed by atoms with Gasteiger partial charge in [0, 0.05) is 17.9 Å². The molecule has 1 aromatic rings. The van der Waals surface area contributed by atoms with E-state index in [9.17, 15) is 0 Å². The molecule has 0 bridgehead atoms. The summed E-state index contributed by atoms with van der Waals surface area (Å²) >= 11 is 0. The van der Waals surface area contributed by atoms with Crippen LogP contribution in [0.15, 0.2) is 24.5 Å². The van der Waals surface area contributed by atoms with E-state index < -0.39 is 0 Å². The Morgan fingerprint density at radius 3 is 2.60 bits per heavy atom. The summed E-state index contributed by atoms with van der Waals surface area (Å²) < 4.78 is 0. The summed E-state index contributed by atoms with van der Waals surface area (Å²) in [6.07, 6.45) is 7.17. The van der Waals surface area contributed by atoms with Gasteiger partial charge in [-0.15, -0.1) is 0 Å². The summed E-state index contributed by atoms with van der Waals surface area (Å²) in [5.74, 6) is 0. The smallest absolute Gasteiger partial charge is 0.0300 e. The fraction of sp³-hybridized carbons (Fsp3) is 0.615. The maximum atomic E-state index is 4.11. The normalized spacial score (nSPS) is 11.7. The van der Waals surface area contributed by atoms with E-state index in [1.807, 2.05) is 18.5 Å². The van der Waals surface area contributed by atoms with Crippen LogP contribution in [0.4, 0.5) is 0 Å². The highest BCUT2D eigenvalue weighted by molar-refractivity contribution is 5.08. The van der Waals surface area contributed by atoms with Gasteiger partial charge >= 0.3 is 0 Å². The molecule has 0 aliphatic heterocycles. The number of aromatic nitrogens is 1. The lowest BCUT2D eigenvalue weighted by atomic mass is 9.95. The molecule has 0 aliphatic carbocycles. The van der Waals surface area contributed by atoms with Crippen molar-refractivity contribution >= 4 is 0 Å².